The highest BCUT2D eigenvalue weighted by Gasteiger charge is 2.45. The van der Waals surface area contributed by atoms with Gasteiger partial charge in [0.2, 0.25) is 24.4 Å². The SMILES string of the molecule is O=C(CCCCCCCC(=O)Nc1ccc(O[C@@H]2O[C@H](CO)[C@@H](O)[C@H](O)[C@H]2O)cc1)Nc1ccc(O[C@@H]2O[C@H](CO)[C@@H](O)[C@H](O)[C@H]2O)cc1. The van der Waals surface area contributed by atoms with Gasteiger partial charge in [-0.3, -0.25) is 9.59 Å². The highest BCUT2D eigenvalue weighted by molar-refractivity contribution is 5.91. The number of rotatable bonds is 16. The van der Waals surface area contributed by atoms with E-state index in [4.69, 9.17) is 18.9 Å². The maximum Gasteiger partial charge on any atom is 0.229 e. The number of nitrogens with one attached hydrogen (secondary N) is 2. The van der Waals surface area contributed by atoms with Crippen LogP contribution in [0, 0.1) is 0 Å². The first-order valence-electron chi connectivity index (χ1n) is 16.2. The maximum atomic E-state index is 12.4. The van der Waals surface area contributed by atoms with Gasteiger partial charge >= 0.3 is 0 Å². The summed E-state index contributed by atoms with van der Waals surface area (Å²) in [6, 6.07) is 12.6. The Labute approximate surface area is 282 Å². The summed E-state index contributed by atoms with van der Waals surface area (Å²) in [5.41, 5.74) is 1.07. The van der Waals surface area contributed by atoms with E-state index < -0.39 is 74.6 Å². The van der Waals surface area contributed by atoms with E-state index in [1.807, 2.05) is 0 Å². The second-order valence-electron chi connectivity index (χ2n) is 12.0. The van der Waals surface area contributed by atoms with Gasteiger partial charge in [0.05, 0.1) is 13.2 Å². The lowest BCUT2D eigenvalue weighted by molar-refractivity contribution is -0.277. The largest absolute Gasteiger partial charge is 0.462 e. The standard InChI is InChI=1S/C33H46N2O14/c36-16-22-26(40)28(42)30(44)32(48-22)46-20-12-8-18(9-13-20)34-24(38)6-4-2-1-3-5-7-25(39)35-19-10-14-21(15-11-19)47-33-31(45)29(43)27(41)23(17-37)49-33/h8-15,22-23,26-33,36-37,40-45H,1-7,16-17H2,(H,34,38)(H,35,39)/t22-,23-,26-,27-,28+,29+,30-,31-,32-,33-/m1/s1. The van der Waals surface area contributed by atoms with Gasteiger partial charge in [0.1, 0.15) is 60.3 Å². The lowest BCUT2D eigenvalue weighted by atomic mass is 9.99. The van der Waals surface area contributed by atoms with Crippen LogP contribution >= 0.6 is 0 Å². The summed E-state index contributed by atoms with van der Waals surface area (Å²) < 4.78 is 21.8. The summed E-state index contributed by atoms with van der Waals surface area (Å²) in [6.45, 7) is -1.13. The lowest BCUT2D eigenvalue weighted by Crippen LogP contribution is -2.60. The molecule has 0 spiro atoms. The minimum Gasteiger partial charge on any atom is -0.462 e. The number of benzene rings is 2. The zero-order valence-corrected chi connectivity index (χ0v) is 26.8. The first-order valence-corrected chi connectivity index (χ1v) is 16.2. The third-order valence-corrected chi connectivity index (χ3v) is 8.29. The highest BCUT2D eigenvalue weighted by Crippen LogP contribution is 2.27. The molecule has 0 saturated carbocycles. The number of hydrogen-bond donors (Lipinski definition) is 10. The van der Waals surface area contributed by atoms with Crippen LogP contribution in [0.15, 0.2) is 48.5 Å². The zero-order valence-electron chi connectivity index (χ0n) is 26.8. The molecule has 0 radical (unpaired) electrons. The van der Waals surface area contributed by atoms with Crippen molar-refractivity contribution in [1.82, 2.24) is 0 Å². The summed E-state index contributed by atoms with van der Waals surface area (Å²) in [5.74, 6) is 0.250. The van der Waals surface area contributed by atoms with Crippen molar-refractivity contribution in [3.63, 3.8) is 0 Å². The molecule has 4 rings (SSSR count). The van der Waals surface area contributed by atoms with Gasteiger partial charge in [-0.25, -0.2) is 0 Å². The van der Waals surface area contributed by atoms with E-state index in [1.54, 1.807) is 48.5 Å². The van der Waals surface area contributed by atoms with Crippen LogP contribution < -0.4 is 20.1 Å². The molecule has 0 bridgehead atoms. The van der Waals surface area contributed by atoms with E-state index in [2.05, 4.69) is 10.6 Å². The number of ether oxygens (including phenoxy) is 4. The molecule has 2 aromatic rings. The second-order valence-corrected chi connectivity index (χ2v) is 12.0. The van der Waals surface area contributed by atoms with Gasteiger partial charge in [-0.2, -0.15) is 0 Å². The van der Waals surface area contributed by atoms with Crippen LogP contribution in [0.5, 0.6) is 11.5 Å². The van der Waals surface area contributed by atoms with Crippen LogP contribution in [-0.2, 0) is 19.1 Å². The minimum atomic E-state index is -1.55. The topological polar surface area (TPSA) is 257 Å². The van der Waals surface area contributed by atoms with Gasteiger partial charge in [0.15, 0.2) is 0 Å². The third-order valence-electron chi connectivity index (χ3n) is 8.29. The zero-order chi connectivity index (χ0) is 35.5. The Bertz CT molecular complexity index is 1210. The summed E-state index contributed by atoms with van der Waals surface area (Å²) >= 11 is 0. The Balaban J connectivity index is 1.06. The summed E-state index contributed by atoms with van der Waals surface area (Å²) in [6.07, 6.45) is -9.42. The molecule has 16 heteroatoms. The molecule has 272 valence electrons. The van der Waals surface area contributed by atoms with E-state index in [1.165, 1.54) is 0 Å². The highest BCUT2D eigenvalue weighted by atomic mass is 16.7. The third kappa shape index (κ3) is 10.8. The predicted octanol–water partition coefficient (Wildman–Crippen LogP) is -0.648. The molecule has 2 fully saturated rings. The van der Waals surface area contributed by atoms with Crippen molar-refractivity contribution in [2.75, 3.05) is 23.8 Å². The van der Waals surface area contributed by atoms with Crippen molar-refractivity contribution < 1.29 is 69.4 Å². The fourth-order valence-electron chi connectivity index (χ4n) is 5.38. The van der Waals surface area contributed by atoms with Crippen LogP contribution in [0.25, 0.3) is 0 Å². The van der Waals surface area contributed by atoms with E-state index in [0.29, 0.717) is 37.1 Å². The second kappa shape index (κ2) is 18.5. The van der Waals surface area contributed by atoms with Gasteiger partial charge < -0.3 is 70.4 Å². The van der Waals surface area contributed by atoms with Gasteiger partial charge in [0.25, 0.3) is 0 Å². The Morgan fingerprint density at radius 3 is 1.22 bits per heavy atom. The number of carbonyl (C=O) groups excluding carboxylic acids is 2. The Kier molecular flexibility index (Phi) is 14.5. The first kappa shape index (κ1) is 38.4. The maximum absolute atomic E-state index is 12.4. The van der Waals surface area contributed by atoms with Gasteiger partial charge in [-0.15, -0.1) is 0 Å². The van der Waals surface area contributed by atoms with Crippen molar-refractivity contribution in [2.24, 2.45) is 0 Å². The molecule has 2 heterocycles. The molecule has 0 unspecified atom stereocenters. The van der Waals surface area contributed by atoms with E-state index in [9.17, 15) is 50.4 Å². The summed E-state index contributed by atoms with van der Waals surface area (Å²) in [4.78, 5) is 24.7. The molecule has 2 amide bonds. The number of carbonyl (C=O) groups is 2. The molecule has 49 heavy (non-hydrogen) atoms. The fourth-order valence-corrected chi connectivity index (χ4v) is 5.38. The van der Waals surface area contributed by atoms with Crippen molar-refractivity contribution in [2.45, 2.75) is 106 Å². The predicted molar refractivity (Wildman–Crippen MR) is 171 cm³/mol. The summed E-state index contributed by atoms with van der Waals surface area (Å²) in [7, 11) is 0. The monoisotopic (exact) mass is 694 g/mol. The van der Waals surface area contributed by atoms with Crippen molar-refractivity contribution in [3.8, 4) is 11.5 Å². The Morgan fingerprint density at radius 1 is 0.531 bits per heavy atom. The van der Waals surface area contributed by atoms with Crippen molar-refractivity contribution >= 4 is 23.2 Å². The molecule has 2 aromatic carbocycles. The van der Waals surface area contributed by atoms with Gasteiger partial charge in [-0.05, 0) is 61.4 Å². The van der Waals surface area contributed by atoms with Crippen molar-refractivity contribution in [3.05, 3.63) is 48.5 Å². The molecular formula is C33H46N2O14. The van der Waals surface area contributed by atoms with E-state index in [-0.39, 0.29) is 23.3 Å². The van der Waals surface area contributed by atoms with E-state index in [0.717, 1.165) is 19.3 Å². The molecule has 10 atom stereocenters. The average Bonchev–Trinajstić information content (AvgIpc) is 3.09. The average molecular weight is 695 g/mol. The van der Waals surface area contributed by atoms with Crippen LogP contribution in [0.4, 0.5) is 11.4 Å². The molecule has 2 saturated heterocycles. The molecule has 0 aliphatic carbocycles. The minimum absolute atomic E-state index is 0.161. The number of hydrogen-bond acceptors (Lipinski definition) is 14. The van der Waals surface area contributed by atoms with Gasteiger partial charge in [-0.1, -0.05) is 19.3 Å². The Morgan fingerprint density at radius 2 is 0.878 bits per heavy atom. The first-order chi connectivity index (χ1) is 23.5. The van der Waals surface area contributed by atoms with Crippen LogP contribution in [-0.4, -0.2) is 127 Å². The molecular weight excluding hydrogens is 648 g/mol. The number of aliphatic hydroxyl groups is 8. The van der Waals surface area contributed by atoms with Crippen LogP contribution in [0.2, 0.25) is 0 Å². The molecule has 10 N–H and O–H groups in total. The van der Waals surface area contributed by atoms with Crippen LogP contribution in [0.1, 0.15) is 44.9 Å². The number of anilines is 2. The van der Waals surface area contributed by atoms with Crippen molar-refractivity contribution in [1.29, 1.82) is 0 Å². The lowest BCUT2D eigenvalue weighted by Gasteiger charge is -2.39. The van der Waals surface area contributed by atoms with Crippen LogP contribution in [0.3, 0.4) is 0 Å². The Hall–Kier alpha value is -3.42. The smallest absolute Gasteiger partial charge is 0.229 e. The van der Waals surface area contributed by atoms with E-state index >= 15 is 0 Å². The normalized spacial score (nSPS) is 30.0. The molecule has 0 aromatic heterocycles. The molecule has 2 aliphatic heterocycles. The molecule has 2 aliphatic rings. The van der Waals surface area contributed by atoms with Gasteiger partial charge in [0, 0.05) is 24.2 Å². The number of amides is 2. The number of aliphatic hydroxyl groups excluding tert-OH is 8. The fraction of sp³-hybridized carbons (Fsp3) is 0.576. The molecule has 16 nitrogen and oxygen atoms in total. The number of unbranched alkanes of at least 4 members (excludes halogenated alkanes) is 4. The summed E-state index contributed by atoms with van der Waals surface area (Å²) in [5, 5.41) is 84.0. The quantitative estimate of drug-likeness (QED) is 0.0981.